The van der Waals surface area contributed by atoms with Gasteiger partial charge < -0.3 is 4.74 Å². The van der Waals surface area contributed by atoms with Crippen molar-refractivity contribution in [2.24, 2.45) is 0 Å². The molecule has 0 amide bonds. The SMILES string of the molecule is CCOC(=O)C(F)Cc1ccnc2ccccc12. The van der Waals surface area contributed by atoms with E-state index in [4.69, 9.17) is 0 Å². The van der Waals surface area contributed by atoms with Gasteiger partial charge in [-0.25, -0.2) is 9.18 Å². The van der Waals surface area contributed by atoms with Crippen molar-refractivity contribution in [3.05, 3.63) is 42.1 Å². The molecule has 0 aliphatic heterocycles. The second-order valence-corrected chi connectivity index (χ2v) is 3.91. The minimum atomic E-state index is -1.63. The zero-order valence-electron chi connectivity index (χ0n) is 10.1. The van der Waals surface area contributed by atoms with E-state index in [2.05, 4.69) is 9.72 Å². The highest BCUT2D eigenvalue weighted by atomic mass is 19.1. The van der Waals surface area contributed by atoms with Gasteiger partial charge in [0, 0.05) is 18.0 Å². The number of pyridine rings is 1. The monoisotopic (exact) mass is 247 g/mol. The average Bonchev–Trinajstić information content (AvgIpc) is 2.39. The summed E-state index contributed by atoms with van der Waals surface area (Å²) in [5.74, 6) is -0.807. The zero-order chi connectivity index (χ0) is 13.0. The molecule has 1 unspecified atom stereocenters. The van der Waals surface area contributed by atoms with Crippen LogP contribution in [0.2, 0.25) is 0 Å². The molecule has 0 saturated carbocycles. The number of hydrogen-bond acceptors (Lipinski definition) is 3. The molecule has 3 nitrogen and oxygen atoms in total. The summed E-state index contributed by atoms with van der Waals surface area (Å²) in [7, 11) is 0. The Hall–Kier alpha value is -1.97. The van der Waals surface area contributed by atoms with E-state index in [1.54, 1.807) is 19.2 Å². The van der Waals surface area contributed by atoms with Crippen molar-refractivity contribution in [2.75, 3.05) is 6.61 Å². The molecule has 0 fully saturated rings. The summed E-state index contributed by atoms with van der Waals surface area (Å²) in [5.41, 5.74) is 1.56. The van der Waals surface area contributed by atoms with Crippen LogP contribution < -0.4 is 0 Å². The van der Waals surface area contributed by atoms with Crippen molar-refractivity contribution in [2.45, 2.75) is 19.5 Å². The molecule has 1 heterocycles. The number of rotatable bonds is 4. The third-order valence-electron chi connectivity index (χ3n) is 2.68. The Bertz CT molecular complexity index is 551. The van der Waals surface area contributed by atoms with Crippen molar-refractivity contribution in [3.63, 3.8) is 0 Å². The number of carbonyl (C=O) groups excluding carboxylic acids is 1. The van der Waals surface area contributed by atoms with Crippen molar-refractivity contribution >= 4 is 16.9 Å². The summed E-state index contributed by atoms with van der Waals surface area (Å²) in [6.07, 6.45) is 0.00739. The molecule has 0 bridgehead atoms. The van der Waals surface area contributed by atoms with E-state index in [1.807, 2.05) is 24.3 Å². The van der Waals surface area contributed by atoms with E-state index < -0.39 is 12.1 Å². The highest BCUT2D eigenvalue weighted by molar-refractivity contribution is 5.83. The fraction of sp³-hybridized carbons (Fsp3) is 0.286. The number of benzene rings is 1. The Morgan fingerprint density at radius 2 is 2.17 bits per heavy atom. The van der Waals surface area contributed by atoms with Crippen LogP contribution >= 0.6 is 0 Å². The van der Waals surface area contributed by atoms with Crippen LogP contribution in [-0.2, 0) is 16.0 Å². The second-order valence-electron chi connectivity index (χ2n) is 3.91. The van der Waals surface area contributed by atoms with Gasteiger partial charge in [0.2, 0.25) is 6.17 Å². The van der Waals surface area contributed by atoms with Gasteiger partial charge in [-0.05, 0) is 24.6 Å². The number of alkyl halides is 1. The summed E-state index contributed by atoms with van der Waals surface area (Å²) in [6.45, 7) is 1.85. The predicted octanol–water partition coefficient (Wildman–Crippen LogP) is 2.68. The highest BCUT2D eigenvalue weighted by Gasteiger charge is 2.19. The molecule has 2 aromatic rings. The molecule has 1 atom stereocenters. The molecular weight excluding hydrogens is 233 g/mol. The number of aromatic nitrogens is 1. The zero-order valence-corrected chi connectivity index (χ0v) is 10.1. The summed E-state index contributed by atoms with van der Waals surface area (Å²) >= 11 is 0. The van der Waals surface area contributed by atoms with E-state index in [1.165, 1.54) is 0 Å². The minimum absolute atomic E-state index is 0.0157. The summed E-state index contributed by atoms with van der Waals surface area (Å²) in [6, 6.07) is 9.20. The molecule has 1 aromatic heterocycles. The van der Waals surface area contributed by atoms with E-state index in [-0.39, 0.29) is 13.0 Å². The lowest BCUT2D eigenvalue weighted by Crippen LogP contribution is -2.21. The molecule has 2 rings (SSSR count). The topological polar surface area (TPSA) is 39.2 Å². The van der Waals surface area contributed by atoms with E-state index in [9.17, 15) is 9.18 Å². The predicted molar refractivity (Wildman–Crippen MR) is 67.0 cm³/mol. The largest absolute Gasteiger partial charge is 0.464 e. The fourth-order valence-corrected chi connectivity index (χ4v) is 1.84. The summed E-state index contributed by atoms with van der Waals surface area (Å²) < 4.78 is 18.4. The Labute approximate surface area is 105 Å². The van der Waals surface area contributed by atoms with Gasteiger partial charge in [-0.3, -0.25) is 4.98 Å². The number of ether oxygens (including phenoxy) is 1. The van der Waals surface area contributed by atoms with Gasteiger partial charge >= 0.3 is 5.97 Å². The van der Waals surface area contributed by atoms with Crippen LogP contribution in [0.4, 0.5) is 4.39 Å². The lowest BCUT2D eigenvalue weighted by atomic mass is 10.0. The van der Waals surface area contributed by atoms with Gasteiger partial charge in [0.25, 0.3) is 0 Å². The fourth-order valence-electron chi connectivity index (χ4n) is 1.84. The normalized spacial score (nSPS) is 12.3. The number of hydrogen-bond donors (Lipinski definition) is 0. The number of halogens is 1. The molecule has 4 heteroatoms. The number of esters is 1. The summed E-state index contributed by atoms with van der Waals surface area (Å²) in [4.78, 5) is 15.5. The van der Waals surface area contributed by atoms with Crippen molar-refractivity contribution in [3.8, 4) is 0 Å². The molecule has 0 aliphatic rings. The van der Waals surface area contributed by atoms with Crippen LogP contribution in [0.15, 0.2) is 36.5 Å². The maximum atomic E-state index is 13.7. The molecule has 18 heavy (non-hydrogen) atoms. The standard InChI is InChI=1S/C14H14FNO2/c1-2-18-14(17)12(15)9-10-7-8-16-13-6-4-3-5-11(10)13/h3-8,12H,2,9H2,1H3. The lowest BCUT2D eigenvalue weighted by molar-refractivity contribution is -0.148. The molecule has 1 aromatic carbocycles. The molecule has 0 spiro atoms. The first-order chi connectivity index (χ1) is 8.72. The first-order valence-corrected chi connectivity index (χ1v) is 5.85. The molecule has 94 valence electrons. The van der Waals surface area contributed by atoms with Crippen LogP contribution in [-0.4, -0.2) is 23.7 Å². The molecule has 0 aliphatic carbocycles. The van der Waals surface area contributed by atoms with Crippen LogP contribution in [0.25, 0.3) is 10.9 Å². The Morgan fingerprint density at radius 3 is 2.94 bits per heavy atom. The molecule has 0 saturated heterocycles. The van der Waals surface area contributed by atoms with Crippen molar-refractivity contribution < 1.29 is 13.9 Å². The van der Waals surface area contributed by atoms with Gasteiger partial charge in [0.15, 0.2) is 0 Å². The summed E-state index contributed by atoms with van der Waals surface area (Å²) in [5, 5.41) is 0.868. The van der Waals surface area contributed by atoms with Crippen molar-refractivity contribution in [1.82, 2.24) is 4.98 Å². The number of nitrogens with zero attached hydrogens (tertiary/aromatic N) is 1. The van der Waals surface area contributed by atoms with Gasteiger partial charge in [-0.2, -0.15) is 0 Å². The van der Waals surface area contributed by atoms with E-state index >= 15 is 0 Å². The Balaban J connectivity index is 2.24. The molecule has 0 N–H and O–H groups in total. The van der Waals surface area contributed by atoms with Crippen molar-refractivity contribution in [1.29, 1.82) is 0 Å². The lowest BCUT2D eigenvalue weighted by Gasteiger charge is -2.09. The first kappa shape index (κ1) is 12.5. The second kappa shape index (κ2) is 5.58. The Morgan fingerprint density at radius 1 is 1.39 bits per heavy atom. The minimum Gasteiger partial charge on any atom is -0.464 e. The van der Waals surface area contributed by atoms with E-state index in [0.29, 0.717) is 0 Å². The van der Waals surface area contributed by atoms with E-state index in [0.717, 1.165) is 16.5 Å². The van der Waals surface area contributed by atoms with Gasteiger partial charge in [0.05, 0.1) is 12.1 Å². The first-order valence-electron chi connectivity index (χ1n) is 5.85. The van der Waals surface area contributed by atoms with Crippen LogP contribution in [0.1, 0.15) is 12.5 Å². The third kappa shape index (κ3) is 2.64. The van der Waals surface area contributed by atoms with Crippen LogP contribution in [0, 0.1) is 0 Å². The number of para-hydroxylation sites is 1. The van der Waals surface area contributed by atoms with Crippen LogP contribution in [0.5, 0.6) is 0 Å². The maximum absolute atomic E-state index is 13.7. The van der Waals surface area contributed by atoms with Gasteiger partial charge in [-0.15, -0.1) is 0 Å². The smallest absolute Gasteiger partial charge is 0.341 e. The van der Waals surface area contributed by atoms with Gasteiger partial charge in [-0.1, -0.05) is 18.2 Å². The number of fused-ring (bicyclic) bond motifs is 1. The molecule has 0 radical (unpaired) electrons. The maximum Gasteiger partial charge on any atom is 0.341 e. The third-order valence-corrected chi connectivity index (χ3v) is 2.68. The van der Waals surface area contributed by atoms with Gasteiger partial charge in [0.1, 0.15) is 0 Å². The average molecular weight is 247 g/mol. The Kier molecular flexibility index (Phi) is 3.87. The number of carbonyl (C=O) groups is 1. The van der Waals surface area contributed by atoms with Crippen LogP contribution in [0.3, 0.4) is 0 Å². The highest BCUT2D eigenvalue weighted by Crippen LogP contribution is 2.18. The molecular formula is C14H14FNO2. The quantitative estimate of drug-likeness (QED) is 0.780.